The highest BCUT2D eigenvalue weighted by Crippen LogP contribution is 2.45. The summed E-state index contributed by atoms with van der Waals surface area (Å²) in [6.07, 6.45) is 3.18. The minimum atomic E-state index is -0.792. The fourth-order valence-electron chi connectivity index (χ4n) is 4.22. The molecule has 36 heavy (non-hydrogen) atoms. The Morgan fingerprint density at radius 3 is 2.47 bits per heavy atom. The van der Waals surface area contributed by atoms with Crippen molar-refractivity contribution in [3.05, 3.63) is 80.5 Å². The van der Waals surface area contributed by atoms with Crippen LogP contribution >= 0.6 is 22.9 Å². The molecule has 3 aromatic rings. The summed E-state index contributed by atoms with van der Waals surface area (Å²) < 4.78 is 11.0. The van der Waals surface area contributed by atoms with E-state index in [1.54, 1.807) is 42.5 Å². The fourth-order valence-corrected chi connectivity index (χ4v) is 5.50. The molecule has 1 aliphatic heterocycles. The van der Waals surface area contributed by atoms with E-state index in [2.05, 4.69) is 6.92 Å². The van der Waals surface area contributed by atoms with E-state index < -0.39 is 17.7 Å². The number of anilines is 1. The Kier molecular flexibility index (Phi) is 8.01. The van der Waals surface area contributed by atoms with Crippen LogP contribution in [0.15, 0.2) is 59.5 Å². The van der Waals surface area contributed by atoms with Crippen LogP contribution in [0.25, 0.3) is 5.76 Å². The predicted molar refractivity (Wildman–Crippen MR) is 143 cm³/mol. The average molecular weight is 526 g/mol. The molecule has 1 N–H and O–H groups in total. The molecule has 1 fully saturated rings. The van der Waals surface area contributed by atoms with E-state index in [4.69, 9.17) is 21.1 Å². The molecule has 188 valence electrons. The molecular weight excluding hydrogens is 498 g/mol. The number of benzene rings is 2. The Labute approximate surface area is 219 Å². The van der Waals surface area contributed by atoms with Gasteiger partial charge in [-0.25, -0.2) is 0 Å². The van der Waals surface area contributed by atoms with Gasteiger partial charge in [-0.2, -0.15) is 0 Å². The highest BCUT2D eigenvalue weighted by molar-refractivity contribution is 7.10. The Hall–Kier alpha value is -3.29. The van der Waals surface area contributed by atoms with Gasteiger partial charge in [0.2, 0.25) is 0 Å². The molecule has 1 amide bonds. The molecule has 0 bridgehead atoms. The zero-order chi connectivity index (χ0) is 25.8. The van der Waals surface area contributed by atoms with Crippen molar-refractivity contribution in [2.24, 2.45) is 0 Å². The van der Waals surface area contributed by atoms with Crippen molar-refractivity contribution in [2.45, 2.75) is 39.2 Å². The summed E-state index contributed by atoms with van der Waals surface area (Å²) in [5.41, 5.74) is 1.82. The number of aliphatic hydroxyl groups excluding tert-OH is 1. The third-order valence-corrected chi connectivity index (χ3v) is 7.52. The van der Waals surface area contributed by atoms with Crippen LogP contribution < -0.4 is 14.4 Å². The first-order valence-corrected chi connectivity index (χ1v) is 13.0. The summed E-state index contributed by atoms with van der Waals surface area (Å²) >= 11 is 7.76. The smallest absolute Gasteiger partial charge is 0.300 e. The van der Waals surface area contributed by atoms with Crippen molar-refractivity contribution in [3.63, 3.8) is 0 Å². The van der Waals surface area contributed by atoms with E-state index in [1.165, 1.54) is 23.3 Å². The summed E-state index contributed by atoms with van der Waals surface area (Å²) in [6, 6.07) is 12.9. The van der Waals surface area contributed by atoms with Crippen LogP contribution in [0.1, 0.15) is 48.2 Å². The zero-order valence-electron chi connectivity index (χ0n) is 20.4. The number of carbonyl (C=O) groups excluding carboxylic acids is 2. The predicted octanol–water partition coefficient (Wildman–Crippen LogP) is 6.91. The summed E-state index contributed by atoms with van der Waals surface area (Å²) in [5, 5.41) is 13.5. The molecule has 1 saturated heterocycles. The van der Waals surface area contributed by atoms with Gasteiger partial charge < -0.3 is 14.6 Å². The number of hydrogen-bond donors (Lipinski definition) is 1. The van der Waals surface area contributed by atoms with E-state index in [1.807, 2.05) is 18.4 Å². The first-order chi connectivity index (χ1) is 17.4. The number of unbranched alkanes of at least 4 members (excludes halogenated alkanes) is 2. The summed E-state index contributed by atoms with van der Waals surface area (Å²) in [5.74, 6) is -0.575. The van der Waals surface area contributed by atoms with Gasteiger partial charge >= 0.3 is 0 Å². The number of amides is 1. The number of hydrogen-bond acceptors (Lipinski definition) is 6. The Balaban J connectivity index is 1.76. The number of methoxy groups -OCH3 is 1. The number of aliphatic hydroxyl groups is 1. The monoisotopic (exact) mass is 525 g/mol. The normalized spacial score (nSPS) is 17.0. The molecule has 2 aromatic carbocycles. The lowest BCUT2D eigenvalue weighted by molar-refractivity contribution is -0.132. The lowest BCUT2D eigenvalue weighted by Crippen LogP contribution is -2.29. The minimum absolute atomic E-state index is 0.0362. The van der Waals surface area contributed by atoms with Crippen LogP contribution in [-0.2, 0) is 9.59 Å². The number of ketones is 1. The molecule has 8 heteroatoms. The Morgan fingerprint density at radius 2 is 1.86 bits per heavy atom. The summed E-state index contributed by atoms with van der Waals surface area (Å²) in [6.45, 7) is 4.67. The van der Waals surface area contributed by atoms with Gasteiger partial charge in [0.1, 0.15) is 23.3 Å². The second kappa shape index (κ2) is 11.2. The van der Waals surface area contributed by atoms with Crippen LogP contribution in [-0.4, -0.2) is 30.5 Å². The lowest BCUT2D eigenvalue weighted by Gasteiger charge is -2.25. The lowest BCUT2D eigenvalue weighted by atomic mass is 9.98. The number of nitrogens with zero attached hydrogens (tertiary/aromatic N) is 1. The molecule has 0 spiro atoms. The van der Waals surface area contributed by atoms with E-state index in [9.17, 15) is 14.7 Å². The number of thiophene rings is 1. The summed E-state index contributed by atoms with van der Waals surface area (Å²) in [7, 11) is 1.50. The van der Waals surface area contributed by atoms with Crippen LogP contribution in [0.2, 0.25) is 5.02 Å². The van der Waals surface area contributed by atoms with E-state index >= 15 is 0 Å². The SMILES string of the molecule is CCCCCOc1ccc(/C(O)=C2/C(=O)C(=O)N(c3ccc(OC)c(Cl)c3)C2c2sccc2C)cc1. The standard InChI is InChI=1S/C28H28ClNO5S/c1-4-5-6-14-35-20-10-7-18(8-11-20)25(31)23-24(27-17(2)13-15-36-27)30(28(33)26(23)32)19-9-12-22(34-3)21(29)16-19/h7-13,15-16,24,31H,4-6,14H2,1-3H3/b25-23-. The van der Waals surface area contributed by atoms with Crippen LogP contribution in [0.5, 0.6) is 11.5 Å². The van der Waals surface area contributed by atoms with E-state index in [0.29, 0.717) is 34.4 Å². The minimum Gasteiger partial charge on any atom is -0.507 e. The van der Waals surface area contributed by atoms with Crippen LogP contribution in [0.3, 0.4) is 0 Å². The van der Waals surface area contributed by atoms with Crippen molar-refractivity contribution < 1.29 is 24.2 Å². The van der Waals surface area contributed by atoms with E-state index in [0.717, 1.165) is 29.7 Å². The van der Waals surface area contributed by atoms with Gasteiger partial charge in [0.15, 0.2) is 0 Å². The van der Waals surface area contributed by atoms with Gasteiger partial charge in [-0.15, -0.1) is 11.3 Å². The molecule has 2 heterocycles. The first-order valence-electron chi connectivity index (χ1n) is 11.8. The van der Waals surface area contributed by atoms with Crippen LogP contribution in [0.4, 0.5) is 5.69 Å². The second-order valence-corrected chi connectivity index (χ2v) is 9.89. The molecule has 1 aliphatic rings. The second-order valence-electron chi connectivity index (χ2n) is 8.54. The molecule has 0 radical (unpaired) electrons. The molecule has 6 nitrogen and oxygen atoms in total. The highest BCUT2D eigenvalue weighted by atomic mass is 35.5. The van der Waals surface area contributed by atoms with E-state index in [-0.39, 0.29) is 11.3 Å². The van der Waals surface area contributed by atoms with Crippen molar-refractivity contribution in [3.8, 4) is 11.5 Å². The highest BCUT2D eigenvalue weighted by Gasteiger charge is 2.48. The third kappa shape index (κ3) is 4.99. The van der Waals surface area contributed by atoms with Gasteiger partial charge in [0.25, 0.3) is 11.7 Å². The number of Topliss-reactive ketones (excluding diaryl/α,β-unsaturated/α-hetero) is 1. The average Bonchev–Trinajstić information content (AvgIpc) is 3.41. The number of aryl methyl sites for hydroxylation is 1. The molecule has 0 aliphatic carbocycles. The van der Waals surface area contributed by atoms with Gasteiger partial charge in [-0.1, -0.05) is 31.4 Å². The maximum atomic E-state index is 13.3. The van der Waals surface area contributed by atoms with Gasteiger partial charge in [-0.3, -0.25) is 14.5 Å². The van der Waals surface area contributed by atoms with Crippen molar-refractivity contribution in [1.29, 1.82) is 0 Å². The first kappa shape index (κ1) is 25.8. The molecule has 4 rings (SSSR count). The van der Waals surface area contributed by atoms with Gasteiger partial charge in [-0.05, 0) is 72.8 Å². The van der Waals surface area contributed by atoms with Gasteiger partial charge in [0.05, 0.1) is 24.3 Å². The number of ether oxygens (including phenoxy) is 2. The van der Waals surface area contributed by atoms with Crippen molar-refractivity contribution in [2.75, 3.05) is 18.6 Å². The molecule has 0 saturated carbocycles. The number of carbonyl (C=O) groups is 2. The molecule has 1 aromatic heterocycles. The van der Waals surface area contributed by atoms with Crippen molar-refractivity contribution in [1.82, 2.24) is 0 Å². The van der Waals surface area contributed by atoms with Crippen LogP contribution in [0, 0.1) is 6.92 Å². The zero-order valence-corrected chi connectivity index (χ0v) is 22.0. The topological polar surface area (TPSA) is 76.1 Å². The Morgan fingerprint density at radius 1 is 1.11 bits per heavy atom. The largest absolute Gasteiger partial charge is 0.507 e. The third-order valence-electron chi connectivity index (χ3n) is 6.15. The summed E-state index contributed by atoms with van der Waals surface area (Å²) in [4.78, 5) is 28.8. The molecular formula is C28H28ClNO5S. The fraction of sp³-hybridized carbons (Fsp3) is 0.286. The molecule has 1 atom stereocenters. The number of halogens is 1. The number of rotatable bonds is 9. The quantitative estimate of drug-likeness (QED) is 0.142. The van der Waals surface area contributed by atoms with Crippen molar-refractivity contribution >= 4 is 46.1 Å². The van der Waals surface area contributed by atoms with Gasteiger partial charge in [0, 0.05) is 16.1 Å². The maximum Gasteiger partial charge on any atom is 0.300 e. The maximum absolute atomic E-state index is 13.3. The molecule has 1 unspecified atom stereocenters. The Bertz CT molecular complexity index is 1300.